The summed E-state index contributed by atoms with van der Waals surface area (Å²) in [6, 6.07) is 15.2. The lowest BCUT2D eigenvalue weighted by atomic mass is 9.80. The number of carbonyl (C=O) groups excluding carboxylic acids is 2. The number of hydrogen-bond acceptors (Lipinski definition) is 6. The molecule has 1 heterocycles. The molecule has 2 aromatic carbocycles. The monoisotopic (exact) mass is 544 g/mol. The summed E-state index contributed by atoms with van der Waals surface area (Å²) in [5, 5.41) is 3.96. The van der Waals surface area contributed by atoms with Crippen LogP contribution in [-0.4, -0.2) is 44.1 Å². The molecule has 198 valence electrons. The molecule has 1 aliphatic rings. The first kappa shape index (κ1) is 28.8. The molecule has 0 spiro atoms. The highest BCUT2D eigenvalue weighted by Crippen LogP contribution is 2.42. The summed E-state index contributed by atoms with van der Waals surface area (Å²) in [5.41, 5.74) is 3.15. The van der Waals surface area contributed by atoms with Crippen LogP contribution in [0.4, 0.5) is 0 Å². The van der Waals surface area contributed by atoms with Gasteiger partial charge in [-0.25, -0.2) is 9.59 Å². The highest BCUT2D eigenvalue weighted by molar-refractivity contribution is 6.33. The van der Waals surface area contributed by atoms with Crippen molar-refractivity contribution in [3.05, 3.63) is 92.2 Å². The fraction of sp³-hybridized carbons (Fsp3) is 0.379. The van der Waals surface area contributed by atoms with Gasteiger partial charge in [-0.15, -0.1) is 0 Å². The third-order valence-electron chi connectivity index (χ3n) is 6.24. The molecule has 1 atom stereocenters. The summed E-state index contributed by atoms with van der Waals surface area (Å²) < 4.78 is 10.9. The molecule has 0 radical (unpaired) electrons. The number of methoxy groups -OCH3 is 1. The molecule has 0 bridgehead atoms. The molecule has 8 heteroatoms. The normalized spacial score (nSPS) is 16.1. The van der Waals surface area contributed by atoms with Crippen LogP contribution in [0.2, 0.25) is 10.0 Å². The van der Waals surface area contributed by atoms with Gasteiger partial charge in [-0.2, -0.15) is 0 Å². The molecule has 0 amide bonds. The Kier molecular flexibility index (Phi) is 9.46. The average Bonchev–Trinajstić information content (AvgIpc) is 2.83. The van der Waals surface area contributed by atoms with Crippen LogP contribution in [0.25, 0.3) is 0 Å². The third-order valence-corrected chi connectivity index (χ3v) is 6.82. The molecule has 1 N–H and O–H groups in total. The van der Waals surface area contributed by atoms with Crippen LogP contribution >= 0.6 is 23.2 Å². The van der Waals surface area contributed by atoms with Crippen molar-refractivity contribution < 1.29 is 19.1 Å². The second-order valence-corrected chi connectivity index (χ2v) is 11.0. The fourth-order valence-corrected chi connectivity index (χ4v) is 5.17. The molecular formula is C29H34Cl2N2O4. The summed E-state index contributed by atoms with van der Waals surface area (Å²) in [4.78, 5) is 28.6. The fourth-order valence-electron chi connectivity index (χ4n) is 4.76. The Hall–Kier alpha value is -2.80. The number of ether oxygens (including phenoxy) is 2. The van der Waals surface area contributed by atoms with Crippen LogP contribution in [-0.2, 0) is 25.6 Å². The van der Waals surface area contributed by atoms with Gasteiger partial charge in [-0.3, -0.25) is 0 Å². The lowest BCUT2D eigenvalue weighted by Gasteiger charge is -2.33. The maximum absolute atomic E-state index is 13.6. The Balaban J connectivity index is 1.84. The third kappa shape index (κ3) is 7.16. The van der Waals surface area contributed by atoms with Crippen LogP contribution in [0.1, 0.15) is 44.7 Å². The molecule has 1 unspecified atom stereocenters. The number of carbonyl (C=O) groups is 2. The predicted molar refractivity (Wildman–Crippen MR) is 147 cm³/mol. The number of rotatable bonds is 9. The predicted octanol–water partition coefficient (Wildman–Crippen LogP) is 6.10. The largest absolute Gasteiger partial charge is 0.466 e. The molecule has 0 aromatic heterocycles. The molecule has 6 nitrogen and oxygen atoms in total. The number of nitrogens with one attached hydrogen (secondary N) is 1. The Morgan fingerprint density at radius 3 is 2.24 bits per heavy atom. The van der Waals surface area contributed by atoms with Crippen molar-refractivity contribution in [1.82, 2.24) is 10.2 Å². The molecule has 0 saturated heterocycles. The van der Waals surface area contributed by atoms with Crippen molar-refractivity contribution in [1.29, 1.82) is 0 Å². The topological polar surface area (TPSA) is 67.9 Å². The quantitative estimate of drug-likeness (QED) is 0.384. The van der Waals surface area contributed by atoms with Crippen molar-refractivity contribution in [2.24, 2.45) is 5.41 Å². The summed E-state index contributed by atoms with van der Waals surface area (Å²) in [6.07, 6.45) is 0. The first-order valence-electron chi connectivity index (χ1n) is 12.0. The number of nitrogens with zero attached hydrogens (tertiary/aromatic N) is 1. The van der Waals surface area contributed by atoms with Crippen LogP contribution in [0.15, 0.2) is 71.1 Å². The van der Waals surface area contributed by atoms with Crippen molar-refractivity contribution in [3.63, 3.8) is 0 Å². The smallest absolute Gasteiger partial charge is 0.336 e. The minimum Gasteiger partial charge on any atom is -0.466 e. The van der Waals surface area contributed by atoms with E-state index in [1.807, 2.05) is 25.2 Å². The standard InChI is InChI=1S/C29H34Cl2N2O4/c1-18-24(27(34)36-6)26(22-14-21(30)12-13-23(22)31)25(19(2)32-18)28(35)37-17-29(3,4)16-33(5)15-20-10-8-7-9-11-20/h7-14,26,32H,15-17H2,1-6H3. The van der Waals surface area contributed by atoms with E-state index in [9.17, 15) is 9.59 Å². The Bertz CT molecular complexity index is 1220. The lowest BCUT2D eigenvalue weighted by molar-refractivity contribution is -0.142. The molecular weight excluding hydrogens is 511 g/mol. The minimum absolute atomic E-state index is 0.188. The van der Waals surface area contributed by atoms with E-state index in [2.05, 4.69) is 36.2 Å². The van der Waals surface area contributed by atoms with E-state index in [-0.39, 0.29) is 17.6 Å². The van der Waals surface area contributed by atoms with E-state index in [0.717, 1.165) is 6.54 Å². The van der Waals surface area contributed by atoms with Gasteiger partial charge in [0, 0.05) is 39.9 Å². The number of dihydropyridines is 1. The van der Waals surface area contributed by atoms with Crippen LogP contribution in [0.5, 0.6) is 0 Å². The van der Waals surface area contributed by atoms with Crippen molar-refractivity contribution in [3.8, 4) is 0 Å². The highest BCUT2D eigenvalue weighted by atomic mass is 35.5. The number of allylic oxidation sites excluding steroid dienone is 2. The summed E-state index contributed by atoms with van der Waals surface area (Å²) in [7, 11) is 3.35. The molecule has 0 fully saturated rings. The second kappa shape index (κ2) is 12.2. The van der Waals surface area contributed by atoms with Gasteiger partial charge in [0.1, 0.15) is 0 Å². The highest BCUT2D eigenvalue weighted by Gasteiger charge is 2.39. The van der Waals surface area contributed by atoms with Gasteiger partial charge in [-0.05, 0) is 50.2 Å². The molecule has 0 saturated carbocycles. The maximum atomic E-state index is 13.6. The first-order chi connectivity index (χ1) is 17.4. The van der Waals surface area contributed by atoms with E-state index in [4.69, 9.17) is 32.7 Å². The number of benzene rings is 2. The van der Waals surface area contributed by atoms with Gasteiger partial charge in [0.05, 0.1) is 30.8 Å². The van der Waals surface area contributed by atoms with E-state index >= 15 is 0 Å². The molecule has 3 rings (SSSR count). The van der Waals surface area contributed by atoms with Crippen LogP contribution in [0.3, 0.4) is 0 Å². The first-order valence-corrected chi connectivity index (χ1v) is 12.8. The van der Waals surface area contributed by atoms with Crippen LogP contribution in [0, 0.1) is 5.41 Å². The van der Waals surface area contributed by atoms with Gasteiger partial charge in [0.15, 0.2) is 0 Å². The zero-order chi connectivity index (χ0) is 27.3. The van der Waals surface area contributed by atoms with Crippen LogP contribution < -0.4 is 5.32 Å². The van der Waals surface area contributed by atoms with E-state index in [0.29, 0.717) is 39.1 Å². The van der Waals surface area contributed by atoms with E-state index < -0.39 is 17.9 Å². The molecule has 1 aliphatic heterocycles. The Labute approximate surface area is 229 Å². The number of hydrogen-bond donors (Lipinski definition) is 1. The number of esters is 2. The molecule has 2 aromatic rings. The zero-order valence-electron chi connectivity index (χ0n) is 22.2. The molecule has 37 heavy (non-hydrogen) atoms. The Morgan fingerprint density at radius 1 is 1.00 bits per heavy atom. The van der Waals surface area contributed by atoms with E-state index in [1.54, 1.807) is 32.0 Å². The number of halogens is 2. The van der Waals surface area contributed by atoms with Gasteiger partial charge in [-0.1, -0.05) is 67.4 Å². The summed E-state index contributed by atoms with van der Waals surface area (Å²) in [6.45, 7) is 9.33. The van der Waals surface area contributed by atoms with Crippen molar-refractivity contribution in [2.45, 2.75) is 40.2 Å². The van der Waals surface area contributed by atoms with Crippen molar-refractivity contribution >= 4 is 35.1 Å². The summed E-state index contributed by atoms with van der Waals surface area (Å²) >= 11 is 12.8. The van der Waals surface area contributed by atoms with Crippen molar-refractivity contribution in [2.75, 3.05) is 27.3 Å². The summed E-state index contributed by atoms with van der Waals surface area (Å²) in [5.74, 6) is -1.89. The minimum atomic E-state index is -0.795. The van der Waals surface area contributed by atoms with Gasteiger partial charge < -0.3 is 19.7 Å². The van der Waals surface area contributed by atoms with Gasteiger partial charge in [0.25, 0.3) is 0 Å². The Morgan fingerprint density at radius 2 is 1.62 bits per heavy atom. The van der Waals surface area contributed by atoms with Gasteiger partial charge >= 0.3 is 11.9 Å². The average molecular weight is 546 g/mol. The van der Waals surface area contributed by atoms with Gasteiger partial charge in [0.2, 0.25) is 0 Å². The van der Waals surface area contributed by atoms with E-state index in [1.165, 1.54) is 12.7 Å². The second-order valence-electron chi connectivity index (χ2n) is 10.2. The molecule has 0 aliphatic carbocycles. The SMILES string of the molecule is COC(=O)C1=C(C)NC(C)=C(C(=O)OCC(C)(C)CN(C)Cc2ccccc2)C1c1cc(Cl)ccc1Cl. The zero-order valence-corrected chi connectivity index (χ0v) is 23.7. The lowest BCUT2D eigenvalue weighted by Crippen LogP contribution is -2.37. The maximum Gasteiger partial charge on any atom is 0.336 e.